The second-order valence-electron chi connectivity index (χ2n) is 2.18. The molecule has 0 saturated carbocycles. The number of carbonyl (C=O) groups is 1. The average molecular weight is 115 g/mol. The molecule has 0 atom stereocenters. The van der Waals surface area contributed by atoms with Crippen molar-refractivity contribution < 1.29 is 9.53 Å². The molecule has 0 unspecified atom stereocenters. The van der Waals surface area contributed by atoms with Gasteiger partial charge >= 0.3 is 0 Å². The number of hydrogen-bond acceptors (Lipinski definition) is 3. The number of nitrogens with two attached hydrogens (primary N) is 1. The molecule has 0 amide bonds. The van der Waals surface area contributed by atoms with Crippen molar-refractivity contribution in [2.45, 2.75) is 0 Å². The molecule has 1 aliphatic heterocycles. The monoisotopic (exact) mass is 115 g/mol. The van der Waals surface area contributed by atoms with Crippen LogP contribution in [0.25, 0.3) is 0 Å². The highest BCUT2D eigenvalue weighted by atomic mass is 16.5. The summed E-state index contributed by atoms with van der Waals surface area (Å²) < 4.78 is 4.81. The first-order chi connectivity index (χ1) is 3.83. The van der Waals surface area contributed by atoms with E-state index in [9.17, 15) is 4.79 Å². The first-order valence-electron chi connectivity index (χ1n) is 2.57. The van der Waals surface area contributed by atoms with E-state index in [1.807, 2.05) is 0 Å². The Morgan fingerprint density at radius 2 is 2.38 bits per heavy atom. The maximum atomic E-state index is 10.2. The van der Waals surface area contributed by atoms with Gasteiger partial charge in [0.25, 0.3) is 0 Å². The maximum Gasteiger partial charge on any atom is 0.132 e. The molecule has 0 radical (unpaired) electrons. The lowest BCUT2D eigenvalue weighted by atomic mass is 9.88. The zero-order valence-corrected chi connectivity index (χ0v) is 4.59. The molecule has 0 aliphatic carbocycles. The molecule has 1 saturated heterocycles. The third-order valence-corrected chi connectivity index (χ3v) is 1.44. The van der Waals surface area contributed by atoms with E-state index in [2.05, 4.69) is 0 Å². The predicted molar refractivity (Wildman–Crippen MR) is 28.4 cm³/mol. The molecular weight excluding hydrogens is 106 g/mol. The summed E-state index contributed by atoms with van der Waals surface area (Å²) in [5, 5.41) is 0. The Labute approximate surface area is 47.8 Å². The summed E-state index contributed by atoms with van der Waals surface area (Å²) in [7, 11) is 0. The fourth-order valence-corrected chi connectivity index (χ4v) is 0.598. The van der Waals surface area contributed by atoms with Crippen molar-refractivity contribution in [1.29, 1.82) is 0 Å². The Kier molecular flexibility index (Phi) is 1.31. The second-order valence-corrected chi connectivity index (χ2v) is 2.18. The van der Waals surface area contributed by atoms with E-state index in [1.165, 1.54) is 0 Å². The average Bonchev–Trinajstić information content (AvgIpc) is 1.67. The molecule has 1 fully saturated rings. The minimum atomic E-state index is -0.319. The van der Waals surface area contributed by atoms with Gasteiger partial charge < -0.3 is 15.3 Å². The van der Waals surface area contributed by atoms with E-state index < -0.39 is 0 Å². The molecule has 46 valence electrons. The Balaban J connectivity index is 2.45. The summed E-state index contributed by atoms with van der Waals surface area (Å²) in [5.41, 5.74) is 4.95. The molecule has 0 aromatic heterocycles. The molecule has 1 rings (SSSR count). The van der Waals surface area contributed by atoms with Crippen molar-refractivity contribution in [1.82, 2.24) is 0 Å². The summed E-state index contributed by atoms with van der Waals surface area (Å²) in [6, 6.07) is 0. The lowest BCUT2D eigenvalue weighted by molar-refractivity contribution is -0.143. The van der Waals surface area contributed by atoms with Crippen LogP contribution in [0.5, 0.6) is 0 Å². The maximum absolute atomic E-state index is 10.2. The van der Waals surface area contributed by atoms with Gasteiger partial charge in [-0.1, -0.05) is 0 Å². The van der Waals surface area contributed by atoms with Gasteiger partial charge in [-0.05, 0) is 0 Å². The van der Waals surface area contributed by atoms with Crippen LogP contribution in [0, 0.1) is 5.41 Å². The van der Waals surface area contributed by atoms with Crippen molar-refractivity contribution in [3.05, 3.63) is 0 Å². The summed E-state index contributed by atoms with van der Waals surface area (Å²) >= 11 is 0. The van der Waals surface area contributed by atoms with Crippen LogP contribution in [0.4, 0.5) is 0 Å². The van der Waals surface area contributed by atoms with E-state index in [-0.39, 0.29) is 5.41 Å². The third kappa shape index (κ3) is 0.638. The molecule has 1 aliphatic rings. The zero-order valence-electron chi connectivity index (χ0n) is 4.59. The quantitative estimate of drug-likeness (QED) is 0.477. The summed E-state index contributed by atoms with van der Waals surface area (Å²) in [4.78, 5) is 10.2. The lowest BCUT2D eigenvalue weighted by Crippen LogP contribution is -2.49. The lowest BCUT2D eigenvalue weighted by Gasteiger charge is -2.34. The molecule has 8 heavy (non-hydrogen) atoms. The first kappa shape index (κ1) is 5.72. The first-order valence-corrected chi connectivity index (χ1v) is 2.57. The molecular formula is C5H9NO2. The van der Waals surface area contributed by atoms with Crippen LogP contribution in [0.2, 0.25) is 0 Å². The van der Waals surface area contributed by atoms with Gasteiger partial charge in [0.15, 0.2) is 0 Å². The fourth-order valence-electron chi connectivity index (χ4n) is 0.598. The Morgan fingerprint density at radius 1 is 1.75 bits per heavy atom. The van der Waals surface area contributed by atoms with E-state index in [0.717, 1.165) is 6.29 Å². The van der Waals surface area contributed by atoms with Crippen LogP contribution < -0.4 is 5.73 Å². The molecule has 1 heterocycles. The molecule has 2 N–H and O–H groups in total. The van der Waals surface area contributed by atoms with Crippen LogP contribution >= 0.6 is 0 Å². The van der Waals surface area contributed by atoms with Crippen molar-refractivity contribution in [3.63, 3.8) is 0 Å². The van der Waals surface area contributed by atoms with Gasteiger partial charge in [-0.15, -0.1) is 0 Å². The van der Waals surface area contributed by atoms with E-state index >= 15 is 0 Å². The van der Waals surface area contributed by atoms with Crippen molar-refractivity contribution in [3.8, 4) is 0 Å². The van der Waals surface area contributed by atoms with Gasteiger partial charge in [0.2, 0.25) is 0 Å². The predicted octanol–water partition coefficient (Wildman–Crippen LogP) is -0.839. The van der Waals surface area contributed by atoms with Crippen LogP contribution in [-0.4, -0.2) is 26.0 Å². The smallest absolute Gasteiger partial charge is 0.132 e. The second kappa shape index (κ2) is 1.84. The molecule has 0 aromatic rings. The fraction of sp³-hybridized carbons (Fsp3) is 0.800. The number of rotatable bonds is 2. The minimum Gasteiger partial charge on any atom is -0.379 e. The van der Waals surface area contributed by atoms with Crippen molar-refractivity contribution >= 4 is 6.29 Å². The van der Waals surface area contributed by atoms with Crippen LogP contribution in [0.3, 0.4) is 0 Å². The highest BCUT2D eigenvalue weighted by molar-refractivity contribution is 5.61. The topological polar surface area (TPSA) is 52.3 Å². The third-order valence-electron chi connectivity index (χ3n) is 1.44. The van der Waals surface area contributed by atoms with Gasteiger partial charge in [0.05, 0.1) is 18.6 Å². The van der Waals surface area contributed by atoms with Gasteiger partial charge in [-0.3, -0.25) is 0 Å². The molecule has 3 nitrogen and oxygen atoms in total. The van der Waals surface area contributed by atoms with E-state index in [0.29, 0.717) is 19.8 Å². The molecule has 0 spiro atoms. The van der Waals surface area contributed by atoms with Gasteiger partial charge in [-0.25, -0.2) is 0 Å². The summed E-state index contributed by atoms with van der Waals surface area (Å²) in [6.45, 7) is 1.43. The van der Waals surface area contributed by atoms with Gasteiger partial charge in [0.1, 0.15) is 6.29 Å². The number of carbonyl (C=O) groups excluding carboxylic acids is 1. The highest BCUT2D eigenvalue weighted by Crippen LogP contribution is 2.22. The Hall–Kier alpha value is -0.410. The Bertz CT molecular complexity index is 93.1. The molecule has 3 heteroatoms. The van der Waals surface area contributed by atoms with Gasteiger partial charge in [-0.2, -0.15) is 0 Å². The van der Waals surface area contributed by atoms with E-state index in [4.69, 9.17) is 10.5 Å². The van der Waals surface area contributed by atoms with Crippen LogP contribution in [-0.2, 0) is 9.53 Å². The highest BCUT2D eigenvalue weighted by Gasteiger charge is 2.36. The number of ether oxygens (including phenoxy) is 1. The summed E-state index contributed by atoms with van der Waals surface area (Å²) in [6.07, 6.45) is 0.885. The number of hydrogen-bond donors (Lipinski definition) is 1. The SMILES string of the molecule is NCC1(C=O)COC1. The van der Waals surface area contributed by atoms with Crippen LogP contribution in [0.1, 0.15) is 0 Å². The van der Waals surface area contributed by atoms with Crippen molar-refractivity contribution in [2.24, 2.45) is 11.1 Å². The number of aldehydes is 1. The van der Waals surface area contributed by atoms with Crippen molar-refractivity contribution in [2.75, 3.05) is 19.8 Å². The Morgan fingerprint density at radius 3 is 2.38 bits per heavy atom. The zero-order chi connectivity index (χ0) is 6.04. The normalized spacial score (nSPS) is 24.1. The standard InChI is InChI=1S/C5H9NO2/c6-1-5(2-7)3-8-4-5/h2H,1,3-4,6H2. The van der Waals surface area contributed by atoms with Crippen LogP contribution in [0.15, 0.2) is 0 Å². The van der Waals surface area contributed by atoms with E-state index in [1.54, 1.807) is 0 Å². The minimum absolute atomic E-state index is 0.319. The summed E-state index contributed by atoms with van der Waals surface area (Å²) in [5.74, 6) is 0. The van der Waals surface area contributed by atoms with Gasteiger partial charge in [0, 0.05) is 6.54 Å². The molecule has 0 bridgehead atoms. The largest absolute Gasteiger partial charge is 0.379 e. The molecule has 0 aromatic carbocycles.